The highest BCUT2D eigenvalue weighted by atomic mass is 32.2. The molecule has 0 saturated heterocycles. The Kier molecular flexibility index (Phi) is 4.87. The third-order valence-corrected chi connectivity index (χ3v) is 2.12. The van der Waals surface area contributed by atoms with Gasteiger partial charge in [-0.1, -0.05) is 0 Å². The van der Waals surface area contributed by atoms with Gasteiger partial charge in [0.15, 0.2) is 12.4 Å². The molecular weight excluding hydrogens is 232 g/mol. The molecule has 2 amide bonds. The van der Waals surface area contributed by atoms with Crippen molar-refractivity contribution in [3.8, 4) is 0 Å². The maximum atomic E-state index is 11.4. The lowest BCUT2D eigenvalue weighted by Crippen LogP contribution is -2.29. The van der Waals surface area contributed by atoms with Crippen LogP contribution in [0.25, 0.3) is 0 Å². The van der Waals surface area contributed by atoms with E-state index in [1.54, 1.807) is 17.8 Å². The highest BCUT2D eigenvalue weighted by Crippen LogP contribution is 2.13. The topological polar surface area (TPSA) is 94.6 Å². The lowest BCUT2D eigenvalue weighted by Gasteiger charge is -2.01. The predicted octanol–water partition coefficient (Wildman–Crippen LogP) is 0.289. The van der Waals surface area contributed by atoms with Gasteiger partial charge in [-0.05, 0) is 18.4 Å². The number of thioether (sulfide) groups is 1. The molecule has 0 aliphatic heterocycles. The monoisotopic (exact) mass is 244 g/mol. The first-order valence-corrected chi connectivity index (χ1v) is 5.81. The summed E-state index contributed by atoms with van der Waals surface area (Å²) in [6, 6.07) is 3.24. The number of amides is 2. The lowest BCUT2D eigenvalue weighted by atomic mass is 10.4. The highest BCUT2D eigenvalue weighted by Gasteiger charge is 2.11. The van der Waals surface area contributed by atoms with Gasteiger partial charge in [-0.3, -0.25) is 14.4 Å². The summed E-state index contributed by atoms with van der Waals surface area (Å²) in [5, 5.41) is 0. The zero-order valence-electron chi connectivity index (χ0n) is 8.69. The van der Waals surface area contributed by atoms with Crippen LogP contribution in [-0.2, 0) is 15.4 Å². The van der Waals surface area contributed by atoms with Crippen molar-refractivity contribution >= 4 is 23.6 Å². The van der Waals surface area contributed by atoms with Crippen LogP contribution in [0.2, 0.25) is 0 Å². The zero-order chi connectivity index (χ0) is 12.0. The molecule has 0 radical (unpaired) electrons. The predicted molar refractivity (Wildman–Crippen MR) is 58.5 cm³/mol. The van der Waals surface area contributed by atoms with E-state index in [-0.39, 0.29) is 12.4 Å². The Hall–Kier alpha value is -1.47. The van der Waals surface area contributed by atoms with E-state index in [0.29, 0.717) is 11.5 Å². The van der Waals surface area contributed by atoms with E-state index >= 15 is 0 Å². The smallest absolute Gasteiger partial charge is 0.310 e. The molecular formula is C9H12N2O4S. The molecule has 1 aromatic heterocycles. The Morgan fingerprint density at radius 3 is 2.94 bits per heavy atom. The molecule has 7 heteroatoms. The van der Waals surface area contributed by atoms with Crippen molar-refractivity contribution in [3.05, 3.63) is 23.7 Å². The summed E-state index contributed by atoms with van der Waals surface area (Å²) in [4.78, 5) is 26.2. The van der Waals surface area contributed by atoms with Gasteiger partial charge >= 0.3 is 5.91 Å². The van der Waals surface area contributed by atoms with Gasteiger partial charge in [0.2, 0.25) is 5.91 Å². The van der Waals surface area contributed by atoms with Crippen molar-refractivity contribution in [1.82, 2.24) is 5.48 Å². The number of hydrogen-bond donors (Lipinski definition) is 2. The molecule has 1 aromatic rings. The molecule has 0 bridgehead atoms. The maximum absolute atomic E-state index is 11.4. The molecule has 3 N–H and O–H groups in total. The molecule has 88 valence electrons. The molecule has 0 atom stereocenters. The number of furan rings is 1. The van der Waals surface area contributed by atoms with Crippen molar-refractivity contribution < 1.29 is 18.8 Å². The van der Waals surface area contributed by atoms with Gasteiger partial charge in [0, 0.05) is 0 Å². The summed E-state index contributed by atoms with van der Waals surface area (Å²) in [6.45, 7) is -0.371. The van der Waals surface area contributed by atoms with Crippen LogP contribution >= 0.6 is 11.8 Å². The summed E-state index contributed by atoms with van der Waals surface area (Å²) < 4.78 is 5.21. The van der Waals surface area contributed by atoms with Gasteiger partial charge < -0.3 is 10.2 Å². The Morgan fingerprint density at radius 1 is 1.56 bits per heavy atom. The molecule has 6 nitrogen and oxygen atoms in total. The number of hydroxylamine groups is 1. The van der Waals surface area contributed by atoms with Crippen LogP contribution in [0.15, 0.2) is 16.5 Å². The quantitative estimate of drug-likeness (QED) is 0.701. The van der Waals surface area contributed by atoms with E-state index in [4.69, 9.17) is 10.2 Å². The van der Waals surface area contributed by atoms with Gasteiger partial charge in [0.05, 0.1) is 5.75 Å². The lowest BCUT2D eigenvalue weighted by molar-refractivity contribution is -0.124. The first-order valence-electron chi connectivity index (χ1n) is 4.41. The number of carbonyl (C=O) groups is 2. The first kappa shape index (κ1) is 12.6. The van der Waals surface area contributed by atoms with Crippen LogP contribution in [-0.4, -0.2) is 24.7 Å². The third-order valence-electron chi connectivity index (χ3n) is 1.55. The second-order valence-corrected chi connectivity index (χ2v) is 3.75. The van der Waals surface area contributed by atoms with Crippen LogP contribution in [0.5, 0.6) is 0 Å². The van der Waals surface area contributed by atoms with E-state index in [0.717, 1.165) is 0 Å². The van der Waals surface area contributed by atoms with E-state index in [2.05, 4.69) is 4.84 Å². The SMILES string of the molecule is CSCc1ccc(C(=O)NOCC(N)=O)o1. The molecule has 0 spiro atoms. The average Bonchev–Trinajstić information content (AvgIpc) is 2.66. The van der Waals surface area contributed by atoms with Gasteiger partial charge in [-0.2, -0.15) is 11.8 Å². The molecule has 1 rings (SSSR count). The van der Waals surface area contributed by atoms with Crippen molar-refractivity contribution in [2.24, 2.45) is 5.73 Å². The van der Waals surface area contributed by atoms with Gasteiger partial charge in [-0.15, -0.1) is 0 Å². The standard InChI is InChI=1S/C9H12N2O4S/c1-16-5-6-2-3-7(15-6)9(13)11-14-4-8(10)12/h2-3H,4-5H2,1H3,(H2,10,12)(H,11,13). The van der Waals surface area contributed by atoms with Crippen molar-refractivity contribution in [2.45, 2.75) is 5.75 Å². The minimum absolute atomic E-state index is 0.133. The van der Waals surface area contributed by atoms with E-state index < -0.39 is 11.8 Å². The zero-order valence-corrected chi connectivity index (χ0v) is 9.50. The average molecular weight is 244 g/mol. The van der Waals surface area contributed by atoms with Crippen molar-refractivity contribution in [1.29, 1.82) is 0 Å². The van der Waals surface area contributed by atoms with Gasteiger partial charge in [0.1, 0.15) is 5.76 Å². The summed E-state index contributed by atoms with van der Waals surface area (Å²) in [5.74, 6) is 0.313. The van der Waals surface area contributed by atoms with E-state index in [9.17, 15) is 9.59 Å². The second-order valence-electron chi connectivity index (χ2n) is 2.89. The van der Waals surface area contributed by atoms with Crippen molar-refractivity contribution in [3.63, 3.8) is 0 Å². The molecule has 0 unspecified atom stereocenters. The molecule has 1 heterocycles. The fourth-order valence-corrected chi connectivity index (χ4v) is 1.38. The fourth-order valence-electron chi connectivity index (χ4n) is 0.943. The summed E-state index contributed by atoms with van der Waals surface area (Å²) in [5.41, 5.74) is 6.86. The molecule has 0 fully saturated rings. The fraction of sp³-hybridized carbons (Fsp3) is 0.333. The molecule has 0 aliphatic rings. The number of carbonyl (C=O) groups excluding carboxylic acids is 2. The molecule has 0 saturated carbocycles. The summed E-state index contributed by atoms with van der Waals surface area (Å²) in [7, 11) is 0. The Bertz CT molecular complexity index is 377. The summed E-state index contributed by atoms with van der Waals surface area (Å²) in [6.07, 6.45) is 1.93. The van der Waals surface area contributed by atoms with Crippen LogP contribution in [0.1, 0.15) is 16.3 Å². The van der Waals surface area contributed by atoms with Crippen LogP contribution < -0.4 is 11.2 Å². The summed E-state index contributed by atoms with van der Waals surface area (Å²) >= 11 is 1.58. The Morgan fingerprint density at radius 2 is 2.31 bits per heavy atom. The van der Waals surface area contributed by atoms with E-state index in [1.165, 1.54) is 6.07 Å². The number of nitrogens with two attached hydrogens (primary N) is 1. The third kappa shape index (κ3) is 3.95. The molecule has 0 aliphatic carbocycles. The second kappa shape index (κ2) is 6.19. The number of nitrogens with one attached hydrogen (secondary N) is 1. The minimum Gasteiger partial charge on any atom is -0.455 e. The van der Waals surface area contributed by atoms with Gasteiger partial charge in [0.25, 0.3) is 0 Å². The minimum atomic E-state index is -0.664. The van der Waals surface area contributed by atoms with Crippen LogP contribution in [0.4, 0.5) is 0 Å². The Labute approximate surface area is 96.5 Å². The molecule has 0 aromatic carbocycles. The highest BCUT2D eigenvalue weighted by molar-refractivity contribution is 7.97. The number of primary amides is 1. The van der Waals surface area contributed by atoms with E-state index in [1.807, 2.05) is 11.7 Å². The number of rotatable bonds is 6. The molecule has 16 heavy (non-hydrogen) atoms. The first-order chi connectivity index (χ1) is 7.63. The van der Waals surface area contributed by atoms with Crippen LogP contribution in [0.3, 0.4) is 0 Å². The Balaban J connectivity index is 2.43. The van der Waals surface area contributed by atoms with Crippen molar-refractivity contribution in [2.75, 3.05) is 12.9 Å². The largest absolute Gasteiger partial charge is 0.455 e. The normalized spacial score (nSPS) is 10.1. The van der Waals surface area contributed by atoms with Gasteiger partial charge in [-0.25, -0.2) is 5.48 Å². The maximum Gasteiger partial charge on any atom is 0.310 e. The number of hydrogen-bond acceptors (Lipinski definition) is 5. The van der Waals surface area contributed by atoms with Crippen LogP contribution in [0, 0.1) is 0 Å².